The molecule has 1 fully saturated rings. The van der Waals surface area contributed by atoms with Crippen LogP contribution in [0.1, 0.15) is 18.4 Å². The lowest BCUT2D eigenvalue weighted by Crippen LogP contribution is -2.40. The highest BCUT2D eigenvalue weighted by Crippen LogP contribution is 2.27. The molecule has 2 heterocycles. The molecule has 0 saturated carbocycles. The molecule has 0 radical (unpaired) electrons. The zero-order valence-corrected chi connectivity index (χ0v) is 19.2. The van der Waals surface area contributed by atoms with Crippen molar-refractivity contribution in [2.75, 3.05) is 6.54 Å². The van der Waals surface area contributed by atoms with E-state index < -0.39 is 22.0 Å². The maximum atomic E-state index is 13.1. The summed E-state index contributed by atoms with van der Waals surface area (Å²) in [4.78, 5) is 18.0. The van der Waals surface area contributed by atoms with E-state index in [9.17, 15) is 13.2 Å². The molecule has 4 rings (SSSR count). The van der Waals surface area contributed by atoms with Crippen molar-refractivity contribution in [2.45, 2.75) is 30.7 Å². The Morgan fingerprint density at radius 2 is 1.93 bits per heavy atom. The maximum absolute atomic E-state index is 13.1. The van der Waals surface area contributed by atoms with Gasteiger partial charge in [0.05, 0.1) is 15.1 Å². The van der Waals surface area contributed by atoms with Gasteiger partial charge in [-0.3, -0.25) is 4.79 Å². The summed E-state index contributed by atoms with van der Waals surface area (Å²) in [6.07, 6.45) is 1.12. The molecule has 3 aromatic rings. The molecule has 1 aromatic heterocycles. The van der Waals surface area contributed by atoms with E-state index in [4.69, 9.17) is 0 Å². The molecule has 0 spiro atoms. The molecular formula is C20H20BrN3O3S2. The van der Waals surface area contributed by atoms with Crippen LogP contribution in [0, 0.1) is 6.92 Å². The summed E-state index contributed by atoms with van der Waals surface area (Å²) < 4.78 is 31.3. The smallest absolute Gasteiger partial charge is 0.266 e. The van der Waals surface area contributed by atoms with Crippen molar-refractivity contribution in [3.8, 4) is 0 Å². The lowest BCUT2D eigenvalue weighted by molar-refractivity contribution is -0.121. The van der Waals surface area contributed by atoms with E-state index in [-0.39, 0.29) is 4.90 Å². The number of aromatic nitrogens is 1. The molecule has 0 bridgehead atoms. The van der Waals surface area contributed by atoms with Gasteiger partial charge in [-0.1, -0.05) is 45.0 Å². The average molecular weight is 494 g/mol. The third-order valence-electron chi connectivity index (χ3n) is 5.09. The fourth-order valence-electron chi connectivity index (χ4n) is 3.50. The molecule has 0 aliphatic carbocycles. The van der Waals surface area contributed by atoms with Crippen LogP contribution >= 0.6 is 27.3 Å². The minimum Gasteiger partial charge on any atom is -0.319 e. The molecule has 2 aromatic carbocycles. The molecule has 1 aliphatic rings. The Kier molecular flexibility index (Phi) is 5.50. The van der Waals surface area contributed by atoms with Crippen LogP contribution in [0.25, 0.3) is 10.2 Å². The van der Waals surface area contributed by atoms with E-state index in [2.05, 4.69) is 20.9 Å². The van der Waals surface area contributed by atoms with Crippen LogP contribution in [-0.4, -0.2) is 35.8 Å². The highest BCUT2D eigenvalue weighted by Gasteiger charge is 2.39. The van der Waals surface area contributed by atoms with Crippen molar-refractivity contribution in [3.05, 3.63) is 57.3 Å². The molecule has 1 aliphatic heterocycles. The van der Waals surface area contributed by atoms with Gasteiger partial charge < -0.3 is 4.57 Å². The number of rotatable bonds is 3. The van der Waals surface area contributed by atoms with Crippen LogP contribution in [0.3, 0.4) is 0 Å². The normalized spacial score (nSPS) is 18.6. The maximum Gasteiger partial charge on any atom is 0.266 e. The zero-order valence-electron chi connectivity index (χ0n) is 16.0. The second-order valence-corrected chi connectivity index (χ2v) is 10.9. The number of carbonyl (C=O) groups is 1. The Labute approximate surface area is 181 Å². The number of nitrogens with zero attached hydrogens (tertiary/aromatic N) is 3. The highest BCUT2D eigenvalue weighted by atomic mass is 79.9. The number of sulfonamides is 1. The van der Waals surface area contributed by atoms with E-state index in [1.54, 1.807) is 24.3 Å². The summed E-state index contributed by atoms with van der Waals surface area (Å²) in [5, 5.41) is 0. The first-order valence-corrected chi connectivity index (χ1v) is 12.2. The lowest BCUT2D eigenvalue weighted by atomic mass is 10.2. The Morgan fingerprint density at radius 3 is 2.66 bits per heavy atom. The van der Waals surface area contributed by atoms with Crippen molar-refractivity contribution in [2.24, 2.45) is 12.0 Å². The first-order valence-electron chi connectivity index (χ1n) is 9.19. The van der Waals surface area contributed by atoms with E-state index in [0.717, 1.165) is 20.3 Å². The summed E-state index contributed by atoms with van der Waals surface area (Å²) in [5.41, 5.74) is 1.96. The minimum absolute atomic E-state index is 0.208. The predicted octanol–water partition coefficient (Wildman–Crippen LogP) is 3.59. The van der Waals surface area contributed by atoms with Gasteiger partial charge in [0.2, 0.25) is 10.0 Å². The summed E-state index contributed by atoms with van der Waals surface area (Å²) in [5.74, 6) is -0.417. The molecule has 1 amide bonds. The molecule has 1 saturated heterocycles. The minimum atomic E-state index is -3.74. The highest BCUT2D eigenvalue weighted by molar-refractivity contribution is 9.10. The average Bonchev–Trinajstić information content (AvgIpc) is 3.28. The fraction of sp³-hybridized carbons (Fsp3) is 0.300. The predicted molar refractivity (Wildman–Crippen MR) is 117 cm³/mol. The van der Waals surface area contributed by atoms with Crippen LogP contribution in [0.4, 0.5) is 0 Å². The van der Waals surface area contributed by atoms with E-state index >= 15 is 0 Å². The third kappa shape index (κ3) is 3.84. The molecular weight excluding hydrogens is 474 g/mol. The second-order valence-electron chi connectivity index (χ2n) is 7.09. The van der Waals surface area contributed by atoms with Crippen molar-refractivity contribution in [1.82, 2.24) is 8.87 Å². The molecule has 1 atom stereocenters. The van der Waals surface area contributed by atoms with Gasteiger partial charge in [0.15, 0.2) is 4.80 Å². The molecule has 9 heteroatoms. The molecule has 29 heavy (non-hydrogen) atoms. The molecule has 152 valence electrons. The van der Waals surface area contributed by atoms with Crippen molar-refractivity contribution in [1.29, 1.82) is 0 Å². The number of hydrogen-bond acceptors (Lipinski definition) is 4. The number of aryl methyl sites for hydroxylation is 2. The van der Waals surface area contributed by atoms with E-state index in [1.165, 1.54) is 15.6 Å². The van der Waals surface area contributed by atoms with Crippen LogP contribution in [0.2, 0.25) is 0 Å². The lowest BCUT2D eigenvalue weighted by Gasteiger charge is -2.21. The van der Waals surface area contributed by atoms with Gasteiger partial charge in [-0.25, -0.2) is 8.42 Å². The van der Waals surface area contributed by atoms with Crippen LogP contribution in [0.5, 0.6) is 0 Å². The van der Waals surface area contributed by atoms with Gasteiger partial charge in [-0.15, -0.1) is 0 Å². The summed E-state index contributed by atoms with van der Waals surface area (Å²) in [7, 11) is -1.88. The molecule has 6 nitrogen and oxygen atoms in total. The summed E-state index contributed by atoms with van der Waals surface area (Å²) >= 11 is 4.86. The number of thiazole rings is 1. The van der Waals surface area contributed by atoms with Gasteiger partial charge >= 0.3 is 0 Å². The van der Waals surface area contributed by atoms with Gasteiger partial charge in [0, 0.05) is 18.1 Å². The van der Waals surface area contributed by atoms with E-state index in [0.29, 0.717) is 24.2 Å². The summed E-state index contributed by atoms with van der Waals surface area (Å²) in [6.45, 7) is 2.23. The number of halogens is 1. The Balaban J connectivity index is 1.69. The third-order valence-corrected chi connectivity index (χ3v) is 8.60. The molecule has 1 unspecified atom stereocenters. The topological polar surface area (TPSA) is 71.7 Å². The number of carbonyl (C=O) groups excluding carboxylic acids is 1. The zero-order chi connectivity index (χ0) is 20.8. The van der Waals surface area contributed by atoms with Crippen LogP contribution in [0.15, 0.2) is 56.8 Å². The summed E-state index contributed by atoms with van der Waals surface area (Å²) in [6, 6.07) is 11.8. The number of amides is 1. The monoisotopic (exact) mass is 493 g/mol. The second kappa shape index (κ2) is 7.79. The standard InChI is InChI=1S/C20H20BrN3O3S2/c1-13-5-8-15(9-6-13)29(26,27)24-11-3-4-17(24)19(25)22-20-23(2)16-10-7-14(21)12-18(16)28-20/h5-10,12,17H,3-4,11H2,1-2H3. The van der Waals surface area contributed by atoms with E-state index in [1.807, 2.05) is 36.7 Å². The van der Waals surface area contributed by atoms with Gasteiger partial charge in [0.25, 0.3) is 5.91 Å². The Bertz CT molecular complexity index is 1260. The number of benzene rings is 2. The van der Waals surface area contributed by atoms with Crippen molar-refractivity contribution < 1.29 is 13.2 Å². The number of fused-ring (bicyclic) bond motifs is 1. The van der Waals surface area contributed by atoms with Crippen molar-refractivity contribution >= 4 is 53.4 Å². The van der Waals surface area contributed by atoms with Crippen molar-refractivity contribution in [3.63, 3.8) is 0 Å². The quantitative estimate of drug-likeness (QED) is 0.559. The van der Waals surface area contributed by atoms with Crippen LogP contribution in [-0.2, 0) is 21.9 Å². The van der Waals surface area contributed by atoms with Gasteiger partial charge in [-0.2, -0.15) is 9.30 Å². The Morgan fingerprint density at radius 1 is 1.21 bits per heavy atom. The number of hydrogen-bond donors (Lipinski definition) is 0. The van der Waals surface area contributed by atoms with Gasteiger partial charge in [-0.05, 0) is 50.1 Å². The SMILES string of the molecule is Cc1ccc(S(=O)(=O)N2CCCC2C(=O)N=c2sc3cc(Br)ccc3n2C)cc1. The largest absolute Gasteiger partial charge is 0.319 e. The Hall–Kier alpha value is -1.81. The van der Waals surface area contributed by atoms with Crippen LogP contribution < -0.4 is 4.80 Å². The fourth-order valence-corrected chi connectivity index (χ4v) is 6.73. The first kappa shape index (κ1) is 20.5. The molecule has 0 N–H and O–H groups in total. The van der Waals surface area contributed by atoms with Gasteiger partial charge in [0.1, 0.15) is 6.04 Å². The first-order chi connectivity index (χ1) is 13.8.